The maximum Gasteiger partial charge on any atom is 0.228 e. The lowest BCUT2D eigenvalue weighted by Gasteiger charge is -2.23. The molecule has 1 heterocycles. The normalized spacial score (nSPS) is 14.8. The van der Waals surface area contributed by atoms with Crippen LogP contribution in [-0.2, 0) is 11.3 Å². The van der Waals surface area contributed by atoms with E-state index in [1.54, 1.807) is 0 Å². The highest BCUT2D eigenvalue weighted by Crippen LogP contribution is 2.29. The quantitative estimate of drug-likeness (QED) is 0.915. The van der Waals surface area contributed by atoms with Crippen molar-refractivity contribution in [2.75, 3.05) is 5.32 Å². The minimum atomic E-state index is 0.0857. The fourth-order valence-corrected chi connectivity index (χ4v) is 2.75. The average Bonchev–Trinajstić information content (AvgIpc) is 2.70. The van der Waals surface area contributed by atoms with Gasteiger partial charge in [-0.1, -0.05) is 36.2 Å². The van der Waals surface area contributed by atoms with Crippen LogP contribution in [0.25, 0.3) is 0 Å². The number of nitrogens with one attached hydrogen (secondary N) is 1. The molecule has 0 bridgehead atoms. The van der Waals surface area contributed by atoms with Gasteiger partial charge in [0.25, 0.3) is 0 Å². The summed E-state index contributed by atoms with van der Waals surface area (Å²) >= 11 is 3.46. The van der Waals surface area contributed by atoms with Crippen molar-refractivity contribution in [1.29, 1.82) is 0 Å². The Kier molecular flexibility index (Phi) is 4.10. The number of carbonyl (C=O) groups is 1. The largest absolute Gasteiger partial charge is 0.308 e. The number of anilines is 1. The van der Waals surface area contributed by atoms with E-state index >= 15 is 0 Å². The third-order valence-corrected chi connectivity index (χ3v) is 4.48. The van der Waals surface area contributed by atoms with Crippen molar-refractivity contribution in [2.45, 2.75) is 32.7 Å². The Bertz CT molecular complexity index is 644. The Hall–Kier alpha value is -1.62. The first-order valence-electron chi connectivity index (χ1n) is 7.21. The molecule has 0 saturated heterocycles. The van der Waals surface area contributed by atoms with Crippen LogP contribution in [0.1, 0.15) is 30.4 Å². The van der Waals surface area contributed by atoms with Crippen molar-refractivity contribution < 1.29 is 4.79 Å². The fraction of sp³-hybridized carbons (Fsp3) is 0.375. The number of halogens is 1. The van der Waals surface area contributed by atoms with Gasteiger partial charge in [-0.05, 0) is 41.3 Å². The molecule has 0 unspecified atom stereocenters. The Morgan fingerprint density at radius 2 is 2.10 bits per heavy atom. The van der Waals surface area contributed by atoms with Gasteiger partial charge in [-0.25, -0.2) is 0 Å². The summed E-state index contributed by atoms with van der Waals surface area (Å²) in [5, 5.41) is 7.36. The lowest BCUT2D eigenvalue weighted by Crippen LogP contribution is -2.28. The maximum absolute atomic E-state index is 12.0. The molecular formula is C16H18BrN3O. The topological polar surface area (TPSA) is 46.9 Å². The number of hydrogen-bond donors (Lipinski definition) is 1. The van der Waals surface area contributed by atoms with E-state index in [0.717, 1.165) is 23.7 Å². The average molecular weight is 348 g/mol. The summed E-state index contributed by atoms with van der Waals surface area (Å²) in [6.07, 6.45) is 5.04. The highest BCUT2D eigenvalue weighted by molar-refractivity contribution is 9.10. The second kappa shape index (κ2) is 6.02. The van der Waals surface area contributed by atoms with Gasteiger partial charge in [0.2, 0.25) is 5.91 Å². The zero-order valence-corrected chi connectivity index (χ0v) is 13.6. The molecule has 1 aliphatic rings. The molecule has 0 radical (unpaired) electrons. The fourth-order valence-electron chi connectivity index (χ4n) is 2.33. The Morgan fingerprint density at radius 1 is 1.38 bits per heavy atom. The molecule has 1 aliphatic carbocycles. The van der Waals surface area contributed by atoms with Gasteiger partial charge in [-0.3, -0.25) is 9.48 Å². The van der Waals surface area contributed by atoms with Crippen LogP contribution in [0.15, 0.2) is 34.9 Å². The van der Waals surface area contributed by atoms with Crippen molar-refractivity contribution in [3.8, 4) is 0 Å². The summed E-state index contributed by atoms with van der Waals surface area (Å²) in [4.78, 5) is 12.0. The van der Waals surface area contributed by atoms with Gasteiger partial charge in [0.05, 0.1) is 11.0 Å². The van der Waals surface area contributed by atoms with Crippen molar-refractivity contribution in [3.05, 3.63) is 46.1 Å². The first-order valence-corrected chi connectivity index (χ1v) is 8.00. The van der Waals surface area contributed by atoms with E-state index in [-0.39, 0.29) is 11.8 Å². The van der Waals surface area contributed by atoms with Gasteiger partial charge in [-0.2, -0.15) is 5.10 Å². The molecule has 21 heavy (non-hydrogen) atoms. The molecule has 1 saturated carbocycles. The van der Waals surface area contributed by atoms with Crippen LogP contribution in [0.5, 0.6) is 0 Å². The molecule has 1 N–H and O–H groups in total. The molecule has 2 aromatic rings. The first-order chi connectivity index (χ1) is 10.1. The van der Waals surface area contributed by atoms with Gasteiger partial charge >= 0.3 is 0 Å². The van der Waals surface area contributed by atoms with Gasteiger partial charge in [-0.15, -0.1) is 0 Å². The van der Waals surface area contributed by atoms with E-state index in [2.05, 4.69) is 57.5 Å². The summed E-state index contributed by atoms with van der Waals surface area (Å²) in [6.45, 7) is 2.76. The molecule has 1 fully saturated rings. The second-order valence-corrected chi connectivity index (χ2v) is 6.48. The summed E-state index contributed by atoms with van der Waals surface area (Å²) < 4.78 is 2.66. The first kappa shape index (κ1) is 14.3. The van der Waals surface area contributed by atoms with Crippen molar-refractivity contribution in [1.82, 2.24) is 9.78 Å². The molecule has 1 amide bonds. The van der Waals surface area contributed by atoms with Gasteiger partial charge in [0.1, 0.15) is 0 Å². The van der Waals surface area contributed by atoms with Gasteiger partial charge in [0, 0.05) is 12.1 Å². The molecule has 4 nitrogen and oxygen atoms in total. The number of hydrogen-bond acceptors (Lipinski definition) is 2. The summed E-state index contributed by atoms with van der Waals surface area (Å²) in [5.41, 5.74) is 2.43. The van der Waals surface area contributed by atoms with Gasteiger partial charge < -0.3 is 5.32 Å². The zero-order valence-electron chi connectivity index (χ0n) is 12.0. The van der Waals surface area contributed by atoms with E-state index in [4.69, 9.17) is 0 Å². The number of nitrogens with zero attached hydrogens (tertiary/aromatic N) is 2. The third-order valence-electron chi connectivity index (χ3n) is 3.90. The number of amides is 1. The standard InChI is InChI=1S/C16H18BrN3O/c1-11-5-7-12(8-6-11)9-20-10-14(17)15(19-20)18-16(21)13-3-2-4-13/h5-8,10,13H,2-4,9H2,1H3,(H,18,19,21). The van der Waals surface area contributed by atoms with Crippen LogP contribution in [0.3, 0.4) is 0 Å². The van der Waals surface area contributed by atoms with Crippen LogP contribution < -0.4 is 5.32 Å². The predicted octanol–water partition coefficient (Wildman–Crippen LogP) is 3.74. The smallest absolute Gasteiger partial charge is 0.228 e. The van der Waals surface area contributed by atoms with E-state index in [1.165, 1.54) is 11.1 Å². The maximum atomic E-state index is 12.0. The Morgan fingerprint density at radius 3 is 2.71 bits per heavy atom. The predicted molar refractivity (Wildman–Crippen MR) is 86.2 cm³/mol. The second-order valence-electron chi connectivity index (χ2n) is 5.63. The van der Waals surface area contributed by atoms with Crippen LogP contribution in [-0.4, -0.2) is 15.7 Å². The van der Waals surface area contributed by atoms with Crippen LogP contribution >= 0.6 is 15.9 Å². The van der Waals surface area contributed by atoms with Crippen molar-refractivity contribution >= 4 is 27.7 Å². The zero-order chi connectivity index (χ0) is 14.8. The molecule has 0 spiro atoms. The van der Waals surface area contributed by atoms with E-state index < -0.39 is 0 Å². The minimum Gasteiger partial charge on any atom is -0.308 e. The minimum absolute atomic E-state index is 0.0857. The summed E-state index contributed by atoms with van der Waals surface area (Å²) in [5.74, 6) is 0.862. The Labute approximate surface area is 132 Å². The number of rotatable bonds is 4. The van der Waals surface area contributed by atoms with Crippen LogP contribution in [0.4, 0.5) is 5.82 Å². The lowest BCUT2D eigenvalue weighted by molar-refractivity contribution is -0.122. The van der Waals surface area contributed by atoms with E-state index in [1.807, 2.05) is 10.9 Å². The molecule has 0 atom stereocenters. The summed E-state index contributed by atoms with van der Waals surface area (Å²) in [7, 11) is 0. The number of carbonyl (C=O) groups excluding carboxylic acids is 1. The Balaban J connectivity index is 1.68. The van der Waals surface area contributed by atoms with Gasteiger partial charge in [0.15, 0.2) is 5.82 Å². The SMILES string of the molecule is Cc1ccc(Cn2cc(Br)c(NC(=O)C3CCC3)n2)cc1. The van der Waals surface area contributed by atoms with Crippen LogP contribution in [0.2, 0.25) is 0 Å². The molecule has 1 aromatic heterocycles. The monoisotopic (exact) mass is 347 g/mol. The highest BCUT2D eigenvalue weighted by atomic mass is 79.9. The number of aromatic nitrogens is 2. The molecular weight excluding hydrogens is 330 g/mol. The number of benzene rings is 1. The van der Waals surface area contributed by atoms with Crippen molar-refractivity contribution in [3.63, 3.8) is 0 Å². The third kappa shape index (κ3) is 3.35. The molecule has 110 valence electrons. The highest BCUT2D eigenvalue weighted by Gasteiger charge is 2.26. The summed E-state index contributed by atoms with van der Waals surface area (Å²) in [6, 6.07) is 8.37. The van der Waals surface area contributed by atoms with Crippen molar-refractivity contribution in [2.24, 2.45) is 5.92 Å². The van der Waals surface area contributed by atoms with Crippen LogP contribution in [0, 0.1) is 12.8 Å². The number of aryl methyl sites for hydroxylation is 1. The lowest BCUT2D eigenvalue weighted by atomic mass is 9.85. The molecule has 0 aliphatic heterocycles. The van der Waals surface area contributed by atoms with E-state index in [9.17, 15) is 4.79 Å². The molecule has 5 heteroatoms. The molecule has 3 rings (SSSR count). The molecule has 1 aromatic carbocycles. The van der Waals surface area contributed by atoms with E-state index in [0.29, 0.717) is 12.4 Å².